The zero-order valence-corrected chi connectivity index (χ0v) is 11.0. The van der Waals surface area contributed by atoms with Crippen LogP contribution in [0.2, 0.25) is 0 Å². The molecule has 2 atom stereocenters. The van der Waals surface area contributed by atoms with Gasteiger partial charge in [-0.2, -0.15) is 0 Å². The number of rotatable bonds is 5. The molecule has 0 saturated carbocycles. The van der Waals surface area contributed by atoms with Crippen molar-refractivity contribution >= 4 is 0 Å². The van der Waals surface area contributed by atoms with Gasteiger partial charge >= 0.3 is 0 Å². The Kier molecular flexibility index (Phi) is 4.44. The van der Waals surface area contributed by atoms with E-state index in [4.69, 9.17) is 9.47 Å². The number of aliphatic hydroxyl groups excluding tert-OH is 1. The quantitative estimate of drug-likeness (QED) is 0.839. The number of ether oxygens (including phenoxy) is 2. The van der Waals surface area contributed by atoms with E-state index in [0.717, 1.165) is 23.5 Å². The molecule has 1 aliphatic heterocycles. The topological polar surface area (TPSA) is 50.7 Å². The van der Waals surface area contributed by atoms with Crippen molar-refractivity contribution in [2.24, 2.45) is 0 Å². The molecule has 2 unspecified atom stereocenters. The van der Waals surface area contributed by atoms with Crippen LogP contribution in [-0.4, -0.2) is 31.0 Å². The molecule has 2 N–H and O–H groups in total. The fraction of sp³-hybridized carbons (Fsp3) is 0.571. The lowest BCUT2D eigenvalue weighted by Gasteiger charge is -2.24. The van der Waals surface area contributed by atoms with Crippen LogP contribution in [0.3, 0.4) is 0 Å². The molecule has 0 amide bonds. The van der Waals surface area contributed by atoms with Crippen molar-refractivity contribution in [2.75, 3.05) is 19.8 Å². The Bertz CT molecular complexity index is 395. The van der Waals surface area contributed by atoms with Gasteiger partial charge in [0, 0.05) is 6.04 Å². The van der Waals surface area contributed by atoms with Gasteiger partial charge in [0.2, 0.25) is 0 Å². The third kappa shape index (κ3) is 2.94. The molecule has 1 heterocycles. The highest BCUT2D eigenvalue weighted by atomic mass is 16.6. The number of fused-ring (bicyclic) bond motifs is 1. The van der Waals surface area contributed by atoms with E-state index in [-0.39, 0.29) is 12.6 Å². The Labute approximate surface area is 108 Å². The van der Waals surface area contributed by atoms with Gasteiger partial charge in [-0.25, -0.2) is 0 Å². The van der Waals surface area contributed by atoms with Crippen molar-refractivity contribution in [3.8, 4) is 11.5 Å². The highest BCUT2D eigenvalue weighted by molar-refractivity contribution is 5.44. The monoisotopic (exact) mass is 251 g/mol. The van der Waals surface area contributed by atoms with Gasteiger partial charge in [0.05, 0.1) is 12.6 Å². The number of nitrogens with one attached hydrogen (secondary N) is 1. The first kappa shape index (κ1) is 13.2. The highest BCUT2D eigenvalue weighted by Crippen LogP contribution is 2.32. The third-order valence-corrected chi connectivity index (χ3v) is 3.25. The molecule has 0 spiro atoms. The van der Waals surface area contributed by atoms with E-state index in [1.165, 1.54) is 0 Å². The van der Waals surface area contributed by atoms with Crippen LogP contribution in [0.25, 0.3) is 0 Å². The normalized spacial score (nSPS) is 17.3. The van der Waals surface area contributed by atoms with Gasteiger partial charge in [0.15, 0.2) is 11.5 Å². The maximum absolute atomic E-state index is 9.49. The van der Waals surface area contributed by atoms with Gasteiger partial charge in [0.1, 0.15) is 13.2 Å². The number of hydrogen-bond acceptors (Lipinski definition) is 4. The van der Waals surface area contributed by atoms with Crippen LogP contribution in [0.1, 0.15) is 31.9 Å². The van der Waals surface area contributed by atoms with Crippen LogP contribution in [-0.2, 0) is 0 Å². The van der Waals surface area contributed by atoms with Crippen molar-refractivity contribution < 1.29 is 14.6 Å². The molecule has 1 aliphatic rings. The first-order valence-electron chi connectivity index (χ1n) is 6.51. The molecule has 1 aromatic rings. The van der Waals surface area contributed by atoms with E-state index in [1.807, 2.05) is 18.2 Å². The van der Waals surface area contributed by atoms with E-state index < -0.39 is 0 Å². The molecular weight excluding hydrogens is 230 g/mol. The molecule has 4 heteroatoms. The summed E-state index contributed by atoms with van der Waals surface area (Å²) in [7, 11) is 0. The smallest absolute Gasteiger partial charge is 0.161 e. The Morgan fingerprint density at radius 2 is 2.00 bits per heavy atom. The van der Waals surface area contributed by atoms with Crippen LogP contribution >= 0.6 is 0 Å². The van der Waals surface area contributed by atoms with E-state index in [1.54, 1.807) is 0 Å². The van der Waals surface area contributed by atoms with Crippen LogP contribution in [0.15, 0.2) is 18.2 Å². The largest absolute Gasteiger partial charge is 0.486 e. The second kappa shape index (κ2) is 6.07. The van der Waals surface area contributed by atoms with E-state index in [0.29, 0.717) is 19.3 Å². The molecule has 2 rings (SSSR count). The number of aliphatic hydroxyl groups is 1. The Morgan fingerprint density at radius 1 is 1.28 bits per heavy atom. The summed E-state index contributed by atoms with van der Waals surface area (Å²) >= 11 is 0. The van der Waals surface area contributed by atoms with Gasteiger partial charge in [-0.3, -0.25) is 0 Å². The second-order valence-corrected chi connectivity index (χ2v) is 4.61. The molecule has 0 fully saturated rings. The maximum Gasteiger partial charge on any atom is 0.161 e. The van der Waals surface area contributed by atoms with Crippen LogP contribution < -0.4 is 14.8 Å². The SMILES string of the molecule is CCC(C)NC(CO)c1ccc2c(c1)OCCO2. The molecule has 0 saturated heterocycles. The fourth-order valence-corrected chi connectivity index (χ4v) is 1.99. The van der Waals surface area contributed by atoms with Gasteiger partial charge in [-0.05, 0) is 31.0 Å². The van der Waals surface area contributed by atoms with Gasteiger partial charge in [0.25, 0.3) is 0 Å². The zero-order chi connectivity index (χ0) is 13.0. The molecule has 0 aliphatic carbocycles. The minimum atomic E-state index is -0.0595. The lowest BCUT2D eigenvalue weighted by Crippen LogP contribution is -2.32. The summed E-state index contributed by atoms with van der Waals surface area (Å²) < 4.78 is 11.0. The van der Waals surface area contributed by atoms with Gasteiger partial charge in [-0.15, -0.1) is 0 Å². The van der Waals surface area contributed by atoms with E-state index in [2.05, 4.69) is 19.2 Å². The van der Waals surface area contributed by atoms with Crippen molar-refractivity contribution in [2.45, 2.75) is 32.4 Å². The summed E-state index contributed by atoms with van der Waals surface area (Å²) in [6.07, 6.45) is 1.03. The van der Waals surface area contributed by atoms with Crippen molar-refractivity contribution in [3.05, 3.63) is 23.8 Å². The summed E-state index contributed by atoms with van der Waals surface area (Å²) in [5.74, 6) is 1.55. The Balaban J connectivity index is 2.15. The molecule has 100 valence electrons. The first-order valence-corrected chi connectivity index (χ1v) is 6.51. The van der Waals surface area contributed by atoms with Gasteiger partial charge in [-0.1, -0.05) is 13.0 Å². The molecule has 0 aromatic heterocycles. The molecule has 18 heavy (non-hydrogen) atoms. The maximum atomic E-state index is 9.49. The summed E-state index contributed by atoms with van der Waals surface area (Å²) in [5.41, 5.74) is 1.03. The van der Waals surface area contributed by atoms with Gasteiger partial charge < -0.3 is 19.9 Å². The Morgan fingerprint density at radius 3 is 2.67 bits per heavy atom. The average Bonchev–Trinajstić information content (AvgIpc) is 2.44. The molecule has 1 aromatic carbocycles. The second-order valence-electron chi connectivity index (χ2n) is 4.61. The average molecular weight is 251 g/mol. The standard InChI is InChI=1S/C14H21NO3/c1-3-10(2)15-12(9-16)11-4-5-13-14(8-11)18-7-6-17-13/h4-5,8,10,12,15-16H,3,6-7,9H2,1-2H3. The lowest BCUT2D eigenvalue weighted by atomic mass is 10.1. The molecule has 0 radical (unpaired) electrons. The molecule has 4 nitrogen and oxygen atoms in total. The third-order valence-electron chi connectivity index (χ3n) is 3.25. The predicted octanol–water partition coefficient (Wildman–Crippen LogP) is 1.88. The summed E-state index contributed by atoms with van der Waals surface area (Å²) in [5, 5.41) is 12.9. The summed E-state index contributed by atoms with van der Waals surface area (Å²) in [6, 6.07) is 6.14. The predicted molar refractivity (Wildman–Crippen MR) is 70.1 cm³/mol. The summed E-state index contributed by atoms with van der Waals surface area (Å²) in [6.45, 7) is 5.49. The fourth-order valence-electron chi connectivity index (χ4n) is 1.99. The van der Waals surface area contributed by atoms with Crippen LogP contribution in [0.5, 0.6) is 11.5 Å². The van der Waals surface area contributed by atoms with E-state index >= 15 is 0 Å². The minimum absolute atomic E-state index is 0.0595. The van der Waals surface area contributed by atoms with E-state index in [9.17, 15) is 5.11 Å². The van der Waals surface area contributed by atoms with Crippen molar-refractivity contribution in [3.63, 3.8) is 0 Å². The number of hydrogen-bond donors (Lipinski definition) is 2. The number of benzene rings is 1. The highest BCUT2D eigenvalue weighted by Gasteiger charge is 2.17. The van der Waals surface area contributed by atoms with Crippen molar-refractivity contribution in [1.29, 1.82) is 0 Å². The van der Waals surface area contributed by atoms with Crippen LogP contribution in [0, 0.1) is 0 Å². The minimum Gasteiger partial charge on any atom is -0.486 e. The molecular formula is C14H21NO3. The summed E-state index contributed by atoms with van der Waals surface area (Å²) in [4.78, 5) is 0. The zero-order valence-electron chi connectivity index (χ0n) is 11.0. The Hall–Kier alpha value is -1.26. The lowest BCUT2D eigenvalue weighted by molar-refractivity contribution is 0.170. The first-order chi connectivity index (χ1) is 8.74. The van der Waals surface area contributed by atoms with Crippen molar-refractivity contribution in [1.82, 2.24) is 5.32 Å². The molecule has 0 bridgehead atoms. The van der Waals surface area contributed by atoms with Crippen LogP contribution in [0.4, 0.5) is 0 Å².